The van der Waals surface area contributed by atoms with Crippen LogP contribution in [0.15, 0.2) is 0 Å². The molecule has 1 aromatic rings. The highest BCUT2D eigenvalue weighted by atomic mass is 16.2. The van der Waals surface area contributed by atoms with E-state index in [0.29, 0.717) is 0 Å². The van der Waals surface area contributed by atoms with Crippen molar-refractivity contribution in [3.63, 3.8) is 0 Å². The zero-order chi connectivity index (χ0) is 11.3. The van der Waals surface area contributed by atoms with E-state index in [4.69, 9.17) is 0 Å². The fourth-order valence-corrected chi connectivity index (χ4v) is 2.30. The lowest BCUT2D eigenvalue weighted by molar-refractivity contribution is -0.120. The van der Waals surface area contributed by atoms with Gasteiger partial charge < -0.3 is 10.6 Å². The first-order valence-electron chi connectivity index (χ1n) is 5.77. The molecule has 0 unspecified atom stereocenters. The Hall–Kier alpha value is -1.52. The smallest absolute Gasteiger partial charge is 0.232 e. The number of anilines is 2. The maximum Gasteiger partial charge on any atom is 0.232 e. The largest absolute Gasteiger partial charge is 0.367 e. The Balaban J connectivity index is 2.03. The molecule has 3 rings (SSSR count). The van der Waals surface area contributed by atoms with Gasteiger partial charge in [0.1, 0.15) is 11.5 Å². The fraction of sp³-hybridized carbons (Fsp3) is 0.636. The average molecular weight is 220 g/mol. The lowest BCUT2D eigenvalue weighted by Gasteiger charge is -2.10. The van der Waals surface area contributed by atoms with Gasteiger partial charge in [-0.2, -0.15) is 5.10 Å². The molecule has 2 N–H and O–H groups in total. The van der Waals surface area contributed by atoms with Gasteiger partial charge in [-0.05, 0) is 19.3 Å². The Morgan fingerprint density at radius 3 is 2.88 bits per heavy atom. The third kappa shape index (κ3) is 1.17. The molecule has 0 saturated heterocycles. The van der Waals surface area contributed by atoms with Crippen LogP contribution in [0.4, 0.5) is 11.5 Å². The highest BCUT2D eigenvalue weighted by Gasteiger charge is 2.51. The Kier molecular flexibility index (Phi) is 1.81. The van der Waals surface area contributed by atoms with Crippen LogP contribution in [-0.2, 0) is 18.3 Å². The minimum absolute atomic E-state index is 0.149. The molecule has 5 nitrogen and oxygen atoms in total. The summed E-state index contributed by atoms with van der Waals surface area (Å²) in [5.74, 6) is 1.09. The Bertz CT molecular complexity index is 459. The van der Waals surface area contributed by atoms with Gasteiger partial charge in [0.15, 0.2) is 0 Å². The van der Waals surface area contributed by atoms with Crippen molar-refractivity contribution >= 4 is 17.4 Å². The summed E-state index contributed by atoms with van der Waals surface area (Å²) in [6.07, 6.45) is 2.82. The van der Waals surface area contributed by atoms with Crippen LogP contribution >= 0.6 is 0 Å². The van der Waals surface area contributed by atoms with Crippen LogP contribution in [0, 0.1) is 5.41 Å². The van der Waals surface area contributed by atoms with Crippen molar-refractivity contribution in [1.29, 1.82) is 0 Å². The van der Waals surface area contributed by atoms with Gasteiger partial charge in [0, 0.05) is 13.6 Å². The van der Waals surface area contributed by atoms with Crippen molar-refractivity contribution in [2.24, 2.45) is 12.5 Å². The number of amides is 1. The Morgan fingerprint density at radius 2 is 2.25 bits per heavy atom. The van der Waals surface area contributed by atoms with E-state index in [2.05, 4.69) is 15.7 Å². The number of fused-ring (bicyclic) bond motifs is 1. The highest BCUT2D eigenvalue weighted by molar-refractivity contribution is 6.01. The molecule has 1 aromatic heterocycles. The lowest BCUT2D eigenvalue weighted by atomic mass is 10.1. The van der Waals surface area contributed by atoms with Gasteiger partial charge in [0.25, 0.3) is 0 Å². The summed E-state index contributed by atoms with van der Waals surface area (Å²) in [4.78, 5) is 12.1. The second-order valence-electron chi connectivity index (χ2n) is 4.74. The molecule has 0 atom stereocenters. The maximum absolute atomic E-state index is 12.1. The van der Waals surface area contributed by atoms with Crippen molar-refractivity contribution in [3.05, 3.63) is 5.69 Å². The molecule has 16 heavy (non-hydrogen) atoms. The molecule has 1 spiro atoms. The van der Waals surface area contributed by atoms with Crippen molar-refractivity contribution < 1.29 is 4.79 Å². The minimum atomic E-state index is -0.149. The summed E-state index contributed by atoms with van der Waals surface area (Å²) in [5, 5.41) is 10.8. The quantitative estimate of drug-likeness (QED) is 0.745. The number of hydrogen-bond donors (Lipinski definition) is 2. The Labute approximate surface area is 94.2 Å². The maximum atomic E-state index is 12.1. The number of aryl methyl sites for hydroxylation is 2. The number of hydrogen-bond acceptors (Lipinski definition) is 3. The van der Waals surface area contributed by atoms with Gasteiger partial charge in [0.05, 0.1) is 11.1 Å². The number of nitrogens with zero attached hydrogens (tertiary/aromatic N) is 2. The zero-order valence-corrected chi connectivity index (χ0v) is 9.63. The van der Waals surface area contributed by atoms with E-state index in [-0.39, 0.29) is 11.3 Å². The molecular formula is C11H16N4O. The van der Waals surface area contributed by atoms with E-state index in [9.17, 15) is 4.79 Å². The summed E-state index contributed by atoms with van der Waals surface area (Å²) in [5.41, 5.74) is 1.68. The van der Waals surface area contributed by atoms with E-state index in [0.717, 1.165) is 43.0 Å². The van der Waals surface area contributed by atoms with Gasteiger partial charge in [0.2, 0.25) is 5.91 Å². The summed E-state index contributed by atoms with van der Waals surface area (Å²) >= 11 is 0. The van der Waals surface area contributed by atoms with Crippen LogP contribution in [0.2, 0.25) is 0 Å². The molecular weight excluding hydrogens is 204 g/mol. The summed E-state index contributed by atoms with van der Waals surface area (Å²) in [6, 6.07) is 0. The SMILES string of the molecule is CCc1nn(C)c2c1NC(=O)C1(CC1)CN2. The van der Waals surface area contributed by atoms with Crippen LogP contribution < -0.4 is 10.6 Å². The standard InChI is InChI=1S/C11H16N4O/c1-3-7-8-9(15(2)14-7)12-6-11(4-5-11)10(16)13-8/h12H,3-6H2,1-2H3,(H,13,16). The Morgan fingerprint density at radius 1 is 1.50 bits per heavy atom. The van der Waals surface area contributed by atoms with E-state index >= 15 is 0 Å². The van der Waals surface area contributed by atoms with Crippen molar-refractivity contribution in [3.8, 4) is 0 Å². The van der Waals surface area contributed by atoms with Gasteiger partial charge in [-0.15, -0.1) is 0 Å². The molecule has 0 radical (unpaired) electrons. The minimum Gasteiger partial charge on any atom is -0.367 e. The molecule has 1 amide bonds. The predicted molar refractivity (Wildman–Crippen MR) is 61.4 cm³/mol. The first-order chi connectivity index (χ1) is 7.66. The first kappa shape index (κ1) is 9.69. The van der Waals surface area contributed by atoms with Gasteiger partial charge in [-0.3, -0.25) is 9.48 Å². The van der Waals surface area contributed by atoms with E-state index < -0.39 is 0 Å². The van der Waals surface area contributed by atoms with Crippen LogP contribution in [-0.4, -0.2) is 22.2 Å². The first-order valence-corrected chi connectivity index (χ1v) is 5.77. The molecule has 5 heteroatoms. The van der Waals surface area contributed by atoms with Crippen LogP contribution in [0.25, 0.3) is 0 Å². The number of carbonyl (C=O) groups excluding carboxylic acids is 1. The summed E-state index contributed by atoms with van der Waals surface area (Å²) in [6.45, 7) is 2.78. The monoisotopic (exact) mass is 220 g/mol. The second-order valence-corrected chi connectivity index (χ2v) is 4.74. The van der Waals surface area contributed by atoms with Crippen LogP contribution in [0.3, 0.4) is 0 Å². The van der Waals surface area contributed by atoms with Crippen molar-refractivity contribution in [1.82, 2.24) is 9.78 Å². The average Bonchev–Trinajstić information content (AvgIpc) is 3.01. The second kappa shape index (κ2) is 2.99. The lowest BCUT2D eigenvalue weighted by Crippen LogP contribution is -2.27. The topological polar surface area (TPSA) is 59.0 Å². The molecule has 86 valence electrons. The molecule has 0 aromatic carbocycles. The molecule has 1 aliphatic carbocycles. The zero-order valence-electron chi connectivity index (χ0n) is 9.63. The molecule has 1 saturated carbocycles. The van der Waals surface area contributed by atoms with Crippen LogP contribution in [0.1, 0.15) is 25.5 Å². The summed E-state index contributed by atoms with van der Waals surface area (Å²) in [7, 11) is 1.90. The summed E-state index contributed by atoms with van der Waals surface area (Å²) < 4.78 is 1.82. The molecule has 1 aliphatic heterocycles. The number of nitrogens with one attached hydrogen (secondary N) is 2. The number of carbonyl (C=O) groups is 1. The van der Waals surface area contributed by atoms with E-state index in [1.807, 2.05) is 18.7 Å². The van der Waals surface area contributed by atoms with Gasteiger partial charge in [-0.1, -0.05) is 6.92 Å². The van der Waals surface area contributed by atoms with Crippen LogP contribution in [0.5, 0.6) is 0 Å². The van der Waals surface area contributed by atoms with Crippen molar-refractivity contribution in [2.45, 2.75) is 26.2 Å². The number of rotatable bonds is 1. The normalized spacial score (nSPS) is 21.0. The van der Waals surface area contributed by atoms with Crippen molar-refractivity contribution in [2.75, 3.05) is 17.2 Å². The van der Waals surface area contributed by atoms with Gasteiger partial charge >= 0.3 is 0 Å². The highest BCUT2D eigenvalue weighted by Crippen LogP contribution is 2.48. The molecule has 0 bridgehead atoms. The molecule has 2 heterocycles. The van der Waals surface area contributed by atoms with E-state index in [1.165, 1.54) is 0 Å². The van der Waals surface area contributed by atoms with E-state index in [1.54, 1.807) is 0 Å². The molecule has 1 fully saturated rings. The van der Waals surface area contributed by atoms with Gasteiger partial charge in [-0.25, -0.2) is 0 Å². The number of aromatic nitrogens is 2. The molecule has 2 aliphatic rings. The third-order valence-corrected chi connectivity index (χ3v) is 3.62. The third-order valence-electron chi connectivity index (χ3n) is 3.62. The predicted octanol–water partition coefficient (Wildman–Crippen LogP) is 1.13. The fourth-order valence-electron chi connectivity index (χ4n) is 2.30.